The predicted molar refractivity (Wildman–Crippen MR) is 139 cm³/mol. The fraction of sp³-hybridized carbons (Fsp3) is 0.321. The third-order valence-electron chi connectivity index (χ3n) is 6.15. The lowest BCUT2D eigenvalue weighted by Crippen LogP contribution is -2.33. The van der Waals surface area contributed by atoms with E-state index in [4.69, 9.17) is 9.47 Å². The lowest BCUT2D eigenvalue weighted by atomic mass is 10.0. The highest BCUT2D eigenvalue weighted by atomic mass is 19.1. The highest BCUT2D eigenvalue weighted by molar-refractivity contribution is 5.90. The number of benzene rings is 2. The van der Waals surface area contributed by atoms with Crippen molar-refractivity contribution in [2.45, 2.75) is 26.7 Å². The highest BCUT2D eigenvalue weighted by Crippen LogP contribution is 2.26. The Kier molecular flexibility index (Phi) is 7.83. The van der Waals surface area contributed by atoms with Crippen molar-refractivity contribution in [3.63, 3.8) is 0 Å². The summed E-state index contributed by atoms with van der Waals surface area (Å²) in [6.07, 6.45) is 6.62. The van der Waals surface area contributed by atoms with Crippen molar-refractivity contribution in [2.75, 3.05) is 37.5 Å². The largest absolute Gasteiger partial charge is 0.494 e. The number of hydrogen-bond acceptors (Lipinski definition) is 7. The van der Waals surface area contributed by atoms with Crippen molar-refractivity contribution in [3.8, 4) is 5.75 Å². The van der Waals surface area contributed by atoms with Gasteiger partial charge < -0.3 is 19.7 Å². The molecular weight excluding hydrogens is 459 g/mol. The van der Waals surface area contributed by atoms with Crippen LogP contribution in [-0.4, -0.2) is 43.2 Å². The molecule has 0 aliphatic carbocycles. The van der Waals surface area contributed by atoms with E-state index in [2.05, 4.69) is 52.2 Å². The van der Waals surface area contributed by atoms with Crippen molar-refractivity contribution < 1.29 is 18.7 Å². The van der Waals surface area contributed by atoms with E-state index in [1.807, 2.05) is 12.1 Å². The number of methoxy groups -OCH3 is 2. The van der Waals surface area contributed by atoms with Gasteiger partial charge in [0.1, 0.15) is 0 Å². The monoisotopic (exact) mass is 490 g/mol. The number of aromatic nitrogens is 2. The summed E-state index contributed by atoms with van der Waals surface area (Å²) >= 11 is 0. The first-order valence-electron chi connectivity index (χ1n) is 11.9. The van der Waals surface area contributed by atoms with Gasteiger partial charge in [0.05, 0.1) is 19.8 Å². The molecule has 0 fully saturated rings. The fourth-order valence-electron chi connectivity index (χ4n) is 4.43. The van der Waals surface area contributed by atoms with Gasteiger partial charge in [-0.2, -0.15) is 0 Å². The van der Waals surface area contributed by atoms with E-state index in [-0.39, 0.29) is 11.3 Å². The summed E-state index contributed by atoms with van der Waals surface area (Å²) in [5, 5.41) is 3.22. The fourth-order valence-corrected chi connectivity index (χ4v) is 4.43. The number of rotatable bonds is 8. The van der Waals surface area contributed by atoms with Crippen LogP contribution in [0.4, 0.5) is 21.7 Å². The van der Waals surface area contributed by atoms with E-state index in [9.17, 15) is 9.18 Å². The van der Waals surface area contributed by atoms with E-state index in [1.54, 1.807) is 12.4 Å². The molecule has 1 aromatic heterocycles. The minimum Gasteiger partial charge on any atom is -0.494 e. The first-order valence-corrected chi connectivity index (χ1v) is 11.9. The lowest BCUT2D eigenvalue weighted by Gasteiger charge is -2.31. The Hall–Kier alpha value is -3.94. The summed E-state index contributed by atoms with van der Waals surface area (Å²) < 4.78 is 24.5. The molecule has 0 amide bonds. The van der Waals surface area contributed by atoms with E-state index in [0.29, 0.717) is 30.3 Å². The van der Waals surface area contributed by atoms with Crippen molar-refractivity contribution >= 4 is 23.3 Å². The van der Waals surface area contributed by atoms with E-state index in [0.717, 1.165) is 24.3 Å². The number of hydrogen-bond donors (Lipinski definition) is 1. The molecule has 1 N–H and O–H groups in total. The van der Waals surface area contributed by atoms with Gasteiger partial charge in [0, 0.05) is 36.9 Å². The number of nitrogens with zero attached hydrogens (tertiary/aromatic N) is 3. The number of carbonyl (C=O) groups excluding carboxylic acids is 1. The van der Waals surface area contributed by atoms with Gasteiger partial charge in [0.2, 0.25) is 5.95 Å². The minimum absolute atomic E-state index is 0.0103. The van der Waals surface area contributed by atoms with Gasteiger partial charge in [-0.15, -0.1) is 0 Å². The van der Waals surface area contributed by atoms with Crippen molar-refractivity contribution in [1.82, 2.24) is 9.97 Å². The van der Waals surface area contributed by atoms with Gasteiger partial charge >= 0.3 is 5.97 Å². The maximum absolute atomic E-state index is 14.7. The smallest absolute Gasteiger partial charge is 0.337 e. The molecule has 1 aliphatic heterocycles. The number of anilines is 3. The summed E-state index contributed by atoms with van der Waals surface area (Å²) in [7, 11) is 2.65. The van der Waals surface area contributed by atoms with Crippen LogP contribution in [0.15, 0.2) is 60.4 Å². The average Bonchev–Trinajstić information content (AvgIpc) is 2.88. The summed E-state index contributed by atoms with van der Waals surface area (Å²) in [6.45, 7) is 6.37. The Morgan fingerprint density at radius 1 is 1.14 bits per heavy atom. The number of aryl methyl sites for hydroxylation is 2. The second-order valence-corrected chi connectivity index (χ2v) is 9.10. The number of halogens is 1. The van der Waals surface area contributed by atoms with Gasteiger partial charge in [0.25, 0.3) is 0 Å². The van der Waals surface area contributed by atoms with E-state index in [1.165, 1.54) is 37.6 Å². The molecule has 0 radical (unpaired) electrons. The number of esters is 1. The first kappa shape index (κ1) is 25.2. The zero-order valence-corrected chi connectivity index (χ0v) is 21.0. The molecule has 4 rings (SSSR count). The minimum atomic E-state index is -0.543. The summed E-state index contributed by atoms with van der Waals surface area (Å²) in [5.74, 6) is 0.00378. The Morgan fingerprint density at radius 2 is 1.86 bits per heavy atom. The molecule has 7 nitrogen and oxygen atoms in total. The molecule has 0 saturated heterocycles. The molecule has 1 atom stereocenters. The van der Waals surface area contributed by atoms with Crippen LogP contribution in [0, 0.1) is 11.7 Å². The van der Waals surface area contributed by atoms with E-state index < -0.39 is 11.8 Å². The summed E-state index contributed by atoms with van der Waals surface area (Å²) in [6, 6.07) is 11.1. The van der Waals surface area contributed by atoms with Crippen LogP contribution in [0.2, 0.25) is 0 Å². The number of carbonyl (C=O) groups is 1. The molecule has 0 spiro atoms. The first-order chi connectivity index (χ1) is 17.4. The zero-order valence-electron chi connectivity index (χ0n) is 21.0. The molecule has 0 saturated carbocycles. The van der Waals surface area contributed by atoms with Crippen molar-refractivity contribution in [1.29, 1.82) is 0 Å². The van der Waals surface area contributed by atoms with Crippen LogP contribution in [0.5, 0.6) is 5.75 Å². The lowest BCUT2D eigenvalue weighted by molar-refractivity contribution is 0.0600. The molecule has 1 unspecified atom stereocenters. The number of ether oxygens (including phenoxy) is 2. The average molecular weight is 491 g/mol. The summed E-state index contributed by atoms with van der Waals surface area (Å²) in [5.41, 5.74) is 4.94. The quantitative estimate of drug-likeness (QED) is 0.337. The van der Waals surface area contributed by atoms with E-state index >= 15 is 0 Å². The Labute approximate surface area is 211 Å². The molecule has 36 heavy (non-hydrogen) atoms. The van der Waals surface area contributed by atoms with Crippen LogP contribution < -0.4 is 15.0 Å². The molecule has 2 heterocycles. The Bertz CT molecular complexity index is 1240. The molecule has 188 valence electrons. The molecule has 0 bridgehead atoms. The van der Waals surface area contributed by atoms with Crippen LogP contribution in [0.1, 0.15) is 35.3 Å². The maximum atomic E-state index is 14.7. The molecule has 3 aromatic rings. The van der Waals surface area contributed by atoms with Gasteiger partial charge in [-0.25, -0.2) is 19.2 Å². The van der Waals surface area contributed by atoms with Gasteiger partial charge in [-0.1, -0.05) is 18.6 Å². The predicted octanol–water partition coefficient (Wildman–Crippen LogP) is 5.34. The highest BCUT2D eigenvalue weighted by Gasteiger charge is 2.17. The summed E-state index contributed by atoms with van der Waals surface area (Å²) in [4.78, 5) is 23.1. The SMILES string of the molecule is COC(=O)c1cc(CCc2cnc(Nc3ccc(N4CC(C)=CC(C)C4)cc3)nc2)c(F)c(OC)c1. The molecule has 1 aliphatic rings. The Morgan fingerprint density at radius 3 is 2.50 bits per heavy atom. The normalized spacial score (nSPS) is 15.3. The van der Waals surface area contributed by atoms with Crippen LogP contribution >= 0.6 is 0 Å². The zero-order chi connectivity index (χ0) is 25.7. The van der Waals surface area contributed by atoms with Crippen LogP contribution in [0.3, 0.4) is 0 Å². The second-order valence-electron chi connectivity index (χ2n) is 9.10. The topological polar surface area (TPSA) is 76.6 Å². The third-order valence-corrected chi connectivity index (χ3v) is 6.15. The maximum Gasteiger partial charge on any atom is 0.337 e. The van der Waals surface area contributed by atoms with Gasteiger partial charge in [-0.3, -0.25) is 0 Å². The molecular formula is C28H31FN4O3. The van der Waals surface area contributed by atoms with Crippen LogP contribution in [-0.2, 0) is 17.6 Å². The molecule has 8 heteroatoms. The van der Waals surface area contributed by atoms with Gasteiger partial charge in [0.15, 0.2) is 11.6 Å². The van der Waals surface area contributed by atoms with Crippen LogP contribution in [0.25, 0.3) is 0 Å². The van der Waals surface area contributed by atoms with Gasteiger partial charge in [-0.05, 0) is 73.2 Å². The Balaban J connectivity index is 1.37. The third kappa shape index (κ3) is 6.00. The second kappa shape index (κ2) is 11.2. The standard InChI is InChI=1S/C28H31FN4O3/c1-18-11-19(2)17-33(16-18)24-9-7-23(8-10-24)32-28-30-14-20(15-31-28)5-6-21-12-22(27(34)36-4)13-25(35-3)26(21)29/h7-15,18H,5-6,16-17H2,1-4H3,(H,30,31,32). The van der Waals surface area contributed by atoms with Crippen molar-refractivity contribution in [3.05, 3.63) is 82.9 Å². The van der Waals surface area contributed by atoms with Crippen molar-refractivity contribution in [2.24, 2.45) is 5.92 Å². The molecule has 2 aromatic carbocycles. The number of nitrogens with one attached hydrogen (secondary N) is 1.